The van der Waals surface area contributed by atoms with Crippen molar-refractivity contribution in [3.05, 3.63) is 137 Å². The number of fused-ring (bicyclic) bond motifs is 1. The van der Waals surface area contributed by atoms with Crippen molar-refractivity contribution in [3.63, 3.8) is 0 Å². The number of carbonyl (C=O) groups excluding carboxylic acids is 2. The highest BCUT2D eigenvalue weighted by atomic mass is 16.5. The normalized spacial score (nSPS) is 19.4. The highest BCUT2D eigenvalue weighted by Crippen LogP contribution is 2.42. The van der Waals surface area contributed by atoms with Crippen molar-refractivity contribution in [3.8, 4) is 11.5 Å². The second-order valence-corrected chi connectivity index (χ2v) is 10.2. The maximum Gasteiger partial charge on any atom is 0.295 e. The molecule has 4 aromatic rings. The minimum atomic E-state index is -0.788. The largest absolute Gasteiger partial charge is 0.507 e. The van der Waals surface area contributed by atoms with Gasteiger partial charge in [0, 0.05) is 18.5 Å². The molecule has 0 bridgehead atoms. The molecule has 2 unspecified atom stereocenters. The maximum absolute atomic E-state index is 13.5. The molecule has 200 valence electrons. The number of nitrogens with zero attached hydrogens (tertiary/aromatic N) is 1. The number of carbonyl (C=O) groups is 2. The fourth-order valence-electron chi connectivity index (χ4n) is 5.41. The molecule has 0 aliphatic carbocycles. The summed E-state index contributed by atoms with van der Waals surface area (Å²) in [4.78, 5) is 28.5. The molecule has 1 amide bonds. The van der Waals surface area contributed by atoms with E-state index in [0.29, 0.717) is 29.9 Å². The molecule has 2 heterocycles. The lowest BCUT2D eigenvalue weighted by molar-refractivity contribution is -0.140. The quantitative estimate of drug-likeness (QED) is 0.174. The van der Waals surface area contributed by atoms with Gasteiger partial charge in [-0.25, -0.2) is 0 Å². The van der Waals surface area contributed by atoms with Gasteiger partial charge in [-0.3, -0.25) is 9.59 Å². The number of Topliss-reactive ketones (excluding diaryl/α,β-unsaturated/α-hetero) is 1. The molecule has 6 nitrogen and oxygen atoms in total. The average Bonchev–Trinajstić information content (AvgIpc) is 3.48. The second-order valence-electron chi connectivity index (χ2n) is 10.2. The summed E-state index contributed by atoms with van der Waals surface area (Å²) in [6.45, 7) is 2.59. The van der Waals surface area contributed by atoms with E-state index in [9.17, 15) is 14.7 Å². The molecule has 0 spiro atoms. The van der Waals surface area contributed by atoms with Crippen LogP contribution in [0.15, 0.2) is 109 Å². The standard InChI is InChI=1S/C34H29NO5/c1-22-17-27-18-26(15-16-29(27)40-22)32(36)30-31(35(34(38)33(30)37)20-23-9-4-2-5-10-23)25-13-8-14-28(19-25)39-21-24-11-6-3-7-12-24/h2-16,18-19,22,31,36H,17,20-21H2,1H3/b32-30+. The number of likely N-dealkylation sites (tertiary alicyclic amines) is 1. The smallest absolute Gasteiger partial charge is 0.295 e. The van der Waals surface area contributed by atoms with Crippen LogP contribution in [-0.2, 0) is 29.2 Å². The first kappa shape index (κ1) is 25.4. The summed E-state index contributed by atoms with van der Waals surface area (Å²) >= 11 is 0. The van der Waals surface area contributed by atoms with Gasteiger partial charge in [-0.15, -0.1) is 0 Å². The highest BCUT2D eigenvalue weighted by Gasteiger charge is 2.46. The van der Waals surface area contributed by atoms with Gasteiger partial charge in [0.25, 0.3) is 11.7 Å². The molecule has 40 heavy (non-hydrogen) atoms. The number of amides is 1. The van der Waals surface area contributed by atoms with Crippen molar-refractivity contribution >= 4 is 17.4 Å². The third kappa shape index (κ3) is 4.96. The van der Waals surface area contributed by atoms with Crippen LogP contribution in [0.3, 0.4) is 0 Å². The molecule has 1 N–H and O–H groups in total. The number of benzene rings is 4. The first-order chi connectivity index (χ1) is 19.5. The summed E-state index contributed by atoms with van der Waals surface area (Å²) in [5.41, 5.74) is 4.10. The number of ketones is 1. The van der Waals surface area contributed by atoms with Crippen molar-refractivity contribution in [2.24, 2.45) is 0 Å². The van der Waals surface area contributed by atoms with Crippen LogP contribution in [-0.4, -0.2) is 27.8 Å². The topological polar surface area (TPSA) is 76.1 Å². The minimum absolute atomic E-state index is 0.0440. The summed E-state index contributed by atoms with van der Waals surface area (Å²) in [5.74, 6) is -0.177. The molecular formula is C34H29NO5. The minimum Gasteiger partial charge on any atom is -0.507 e. The van der Waals surface area contributed by atoms with Crippen molar-refractivity contribution in [2.75, 3.05) is 0 Å². The fourth-order valence-corrected chi connectivity index (χ4v) is 5.41. The molecule has 6 heteroatoms. The Morgan fingerprint density at radius 1 is 0.900 bits per heavy atom. The van der Waals surface area contributed by atoms with Gasteiger partial charge in [0.05, 0.1) is 11.6 Å². The molecule has 6 rings (SSSR count). The number of rotatable bonds is 7. The van der Waals surface area contributed by atoms with Crippen LogP contribution in [0.4, 0.5) is 0 Å². The van der Waals surface area contributed by atoms with Crippen LogP contribution in [0, 0.1) is 0 Å². The third-order valence-corrected chi connectivity index (χ3v) is 7.33. The number of ether oxygens (including phenoxy) is 2. The maximum atomic E-state index is 13.5. The molecule has 2 atom stereocenters. The molecule has 2 aliphatic heterocycles. The summed E-state index contributed by atoms with van der Waals surface area (Å²) in [5, 5.41) is 11.6. The van der Waals surface area contributed by atoms with E-state index in [-0.39, 0.29) is 24.0 Å². The zero-order chi connectivity index (χ0) is 27.6. The molecule has 0 radical (unpaired) electrons. The zero-order valence-corrected chi connectivity index (χ0v) is 22.1. The lowest BCUT2D eigenvalue weighted by atomic mass is 9.94. The number of hydrogen-bond donors (Lipinski definition) is 1. The molecule has 2 aliphatic rings. The number of aliphatic hydroxyl groups excluding tert-OH is 1. The van der Waals surface area contributed by atoms with E-state index in [0.717, 1.165) is 22.4 Å². The van der Waals surface area contributed by atoms with Crippen molar-refractivity contribution in [1.82, 2.24) is 4.90 Å². The van der Waals surface area contributed by atoms with Gasteiger partial charge in [-0.1, -0.05) is 72.8 Å². The van der Waals surface area contributed by atoms with Gasteiger partial charge >= 0.3 is 0 Å². The molecule has 0 saturated carbocycles. The van der Waals surface area contributed by atoms with E-state index < -0.39 is 17.7 Å². The van der Waals surface area contributed by atoms with E-state index in [1.54, 1.807) is 12.1 Å². The van der Waals surface area contributed by atoms with Crippen molar-refractivity contribution in [2.45, 2.75) is 38.6 Å². The Balaban J connectivity index is 1.41. The highest BCUT2D eigenvalue weighted by molar-refractivity contribution is 6.46. The predicted molar refractivity (Wildman–Crippen MR) is 152 cm³/mol. The van der Waals surface area contributed by atoms with Crippen LogP contribution in [0.1, 0.15) is 40.8 Å². The molecule has 1 saturated heterocycles. The first-order valence-electron chi connectivity index (χ1n) is 13.4. The molecule has 1 fully saturated rings. The van der Waals surface area contributed by atoms with E-state index in [1.807, 2.05) is 97.9 Å². The Kier molecular flexibility index (Phi) is 6.83. The van der Waals surface area contributed by atoms with E-state index >= 15 is 0 Å². The number of aliphatic hydroxyl groups is 1. The Hall–Kier alpha value is -4.84. The molecular weight excluding hydrogens is 502 g/mol. The van der Waals surface area contributed by atoms with E-state index in [2.05, 4.69) is 0 Å². The van der Waals surface area contributed by atoms with Gasteiger partial charge < -0.3 is 19.5 Å². The second kappa shape index (κ2) is 10.7. The predicted octanol–water partition coefficient (Wildman–Crippen LogP) is 6.21. The summed E-state index contributed by atoms with van der Waals surface area (Å²) in [6.07, 6.45) is 0.755. The third-order valence-electron chi connectivity index (χ3n) is 7.33. The van der Waals surface area contributed by atoms with Crippen LogP contribution in [0.5, 0.6) is 11.5 Å². The summed E-state index contributed by atoms with van der Waals surface area (Å²) in [6, 6.07) is 31.3. The van der Waals surface area contributed by atoms with Gasteiger partial charge in [0.1, 0.15) is 30.0 Å². The Labute approximate surface area is 233 Å². The number of hydrogen-bond acceptors (Lipinski definition) is 5. The Bertz CT molecular complexity index is 1600. The van der Waals surface area contributed by atoms with Crippen molar-refractivity contribution < 1.29 is 24.2 Å². The Morgan fingerprint density at radius 3 is 2.38 bits per heavy atom. The Morgan fingerprint density at radius 2 is 1.62 bits per heavy atom. The zero-order valence-electron chi connectivity index (χ0n) is 22.1. The summed E-state index contributed by atoms with van der Waals surface area (Å²) < 4.78 is 11.9. The van der Waals surface area contributed by atoms with E-state index in [4.69, 9.17) is 9.47 Å². The van der Waals surface area contributed by atoms with Crippen LogP contribution in [0.25, 0.3) is 5.76 Å². The van der Waals surface area contributed by atoms with Crippen LogP contribution >= 0.6 is 0 Å². The SMILES string of the molecule is CC1Cc2cc(/C(O)=C3\C(=O)C(=O)N(Cc4ccccc4)C3c3cccc(OCc4ccccc4)c3)ccc2O1. The first-order valence-corrected chi connectivity index (χ1v) is 13.4. The molecule has 0 aromatic heterocycles. The van der Waals surface area contributed by atoms with Gasteiger partial charge in [-0.05, 0) is 59.5 Å². The van der Waals surface area contributed by atoms with Crippen LogP contribution in [0.2, 0.25) is 0 Å². The van der Waals surface area contributed by atoms with Gasteiger partial charge in [0.15, 0.2) is 0 Å². The fraction of sp³-hybridized carbons (Fsp3) is 0.176. The van der Waals surface area contributed by atoms with Gasteiger partial charge in [0.2, 0.25) is 0 Å². The average molecular weight is 532 g/mol. The monoisotopic (exact) mass is 531 g/mol. The van der Waals surface area contributed by atoms with E-state index in [1.165, 1.54) is 4.90 Å². The van der Waals surface area contributed by atoms with Gasteiger partial charge in [-0.2, -0.15) is 0 Å². The lowest BCUT2D eigenvalue weighted by Gasteiger charge is -2.26. The molecule has 4 aromatic carbocycles. The van der Waals surface area contributed by atoms with Crippen molar-refractivity contribution in [1.29, 1.82) is 0 Å². The lowest BCUT2D eigenvalue weighted by Crippen LogP contribution is -2.29. The summed E-state index contributed by atoms with van der Waals surface area (Å²) in [7, 11) is 0. The van der Waals surface area contributed by atoms with Crippen LogP contribution < -0.4 is 9.47 Å².